The van der Waals surface area contributed by atoms with E-state index in [4.69, 9.17) is 23.8 Å². The van der Waals surface area contributed by atoms with Crippen molar-refractivity contribution in [1.82, 2.24) is 5.32 Å². The van der Waals surface area contributed by atoms with E-state index < -0.39 is 100 Å². The molecule has 1 saturated heterocycles. The number of methoxy groups -OCH3 is 1. The van der Waals surface area contributed by atoms with E-state index in [9.17, 15) is 35.0 Å². The minimum atomic E-state index is -2.18. The van der Waals surface area contributed by atoms with Crippen LogP contribution in [0.15, 0.2) is 41.5 Å². The Balaban J connectivity index is 1.82. The SMILES string of the molecule is COC1C(=O)[C@]2(C)C(O)CC3OCC3(OC(C)=O)C2C(OC(=O)c2ccccc2)C2(O)CC(C(OO)C(O)C(C)NC(C)=O)C(C)=C1C2(C)C. The standard InChI is InChI=1S/C36H49NO13/c1-17-22(27(50-45)26(41)18(2)37-19(3)38)15-36(44)31(48-32(43)21-12-10-9-11-13-21)29-34(7,30(42)28(46-8)25(17)33(36,5)6)23(40)14-24-35(29,16-47-24)49-20(4)39/h9-13,18,22-24,26-29,31,40-41,44-45H,14-16H2,1-8H3,(H,37,38)/t18?,22?,23?,24?,26?,27?,28?,29?,31?,34-,35?,36?/m1/s1. The third-order valence-corrected chi connectivity index (χ3v) is 12.0. The molecule has 14 nitrogen and oxygen atoms in total. The fourth-order valence-corrected chi connectivity index (χ4v) is 9.34. The fourth-order valence-electron chi connectivity index (χ4n) is 9.34. The van der Waals surface area contributed by atoms with Crippen LogP contribution in [0.25, 0.3) is 0 Å². The summed E-state index contributed by atoms with van der Waals surface area (Å²) in [5.74, 6) is -5.07. The molecule has 1 aromatic rings. The Morgan fingerprint density at radius 3 is 2.26 bits per heavy atom. The minimum Gasteiger partial charge on any atom is -0.455 e. The third kappa shape index (κ3) is 5.60. The van der Waals surface area contributed by atoms with Gasteiger partial charge in [0.05, 0.1) is 35.6 Å². The average molecular weight is 704 g/mol. The van der Waals surface area contributed by atoms with Crippen LogP contribution in [0.5, 0.6) is 0 Å². The number of nitrogens with one attached hydrogen (secondary N) is 1. The van der Waals surface area contributed by atoms with Crippen LogP contribution in [-0.2, 0) is 38.2 Å². The number of benzene rings is 1. The molecule has 276 valence electrons. The molecule has 50 heavy (non-hydrogen) atoms. The topological polar surface area (TPSA) is 207 Å². The zero-order chi connectivity index (χ0) is 37.1. The lowest BCUT2D eigenvalue weighted by molar-refractivity contribution is -0.348. The molecule has 0 radical (unpaired) electrons. The number of amides is 1. The van der Waals surface area contributed by atoms with Crippen molar-refractivity contribution in [3.63, 3.8) is 0 Å². The first-order chi connectivity index (χ1) is 23.3. The summed E-state index contributed by atoms with van der Waals surface area (Å²) in [4.78, 5) is 58.8. The van der Waals surface area contributed by atoms with E-state index in [0.717, 1.165) is 0 Å². The van der Waals surface area contributed by atoms with Gasteiger partial charge in [-0.15, -0.1) is 0 Å². The molecule has 2 saturated carbocycles. The smallest absolute Gasteiger partial charge is 0.338 e. The molecule has 0 spiro atoms. The van der Waals surface area contributed by atoms with Crippen molar-refractivity contribution < 1.29 is 63.6 Å². The van der Waals surface area contributed by atoms with Crippen LogP contribution in [0.4, 0.5) is 0 Å². The molecule has 11 unspecified atom stereocenters. The predicted molar refractivity (Wildman–Crippen MR) is 174 cm³/mol. The van der Waals surface area contributed by atoms with Crippen LogP contribution in [0, 0.1) is 22.7 Å². The Bertz CT molecular complexity index is 1550. The summed E-state index contributed by atoms with van der Waals surface area (Å²) >= 11 is 0. The number of hydrogen-bond donors (Lipinski definition) is 5. The Morgan fingerprint density at radius 1 is 1.10 bits per heavy atom. The molecule has 3 aliphatic carbocycles. The summed E-state index contributed by atoms with van der Waals surface area (Å²) in [5, 5.41) is 49.7. The van der Waals surface area contributed by atoms with Crippen molar-refractivity contribution in [1.29, 1.82) is 0 Å². The summed E-state index contributed by atoms with van der Waals surface area (Å²) in [6, 6.07) is 7.08. The van der Waals surface area contributed by atoms with Gasteiger partial charge >= 0.3 is 11.9 Å². The second kappa shape index (κ2) is 13.4. The molecule has 12 atom stereocenters. The molecular formula is C36H49NO13. The molecule has 0 aromatic heterocycles. The molecule has 14 heteroatoms. The Labute approximate surface area is 291 Å². The van der Waals surface area contributed by atoms with Crippen molar-refractivity contribution in [3.8, 4) is 0 Å². The first-order valence-corrected chi connectivity index (χ1v) is 16.8. The van der Waals surface area contributed by atoms with Crippen molar-refractivity contribution in [2.24, 2.45) is 22.7 Å². The van der Waals surface area contributed by atoms with Gasteiger partial charge < -0.3 is 39.6 Å². The Kier molecular flexibility index (Phi) is 10.2. The number of rotatable bonds is 9. The van der Waals surface area contributed by atoms with Crippen LogP contribution >= 0.6 is 0 Å². The van der Waals surface area contributed by atoms with Gasteiger partial charge in [-0.1, -0.05) is 37.6 Å². The van der Waals surface area contributed by atoms with Crippen LogP contribution in [-0.4, -0.2) is 112 Å². The first-order valence-electron chi connectivity index (χ1n) is 16.8. The van der Waals surface area contributed by atoms with E-state index in [1.54, 1.807) is 39.0 Å². The number of aliphatic hydroxyl groups is 3. The number of fused-ring (bicyclic) bond motifs is 5. The van der Waals surface area contributed by atoms with E-state index in [0.29, 0.717) is 5.57 Å². The Morgan fingerprint density at radius 2 is 1.74 bits per heavy atom. The van der Waals surface area contributed by atoms with Gasteiger partial charge in [-0.05, 0) is 44.9 Å². The normalized spacial score (nSPS) is 37.8. The molecule has 5 N–H and O–H groups in total. The van der Waals surface area contributed by atoms with E-state index in [1.165, 1.54) is 46.9 Å². The highest BCUT2D eigenvalue weighted by atomic mass is 17.1. The van der Waals surface area contributed by atoms with E-state index in [1.807, 2.05) is 0 Å². The van der Waals surface area contributed by atoms with Gasteiger partial charge in [-0.2, -0.15) is 0 Å². The molecule has 2 bridgehead atoms. The molecular weight excluding hydrogens is 654 g/mol. The van der Waals surface area contributed by atoms with Gasteiger partial charge in [-0.3, -0.25) is 19.6 Å². The van der Waals surface area contributed by atoms with Gasteiger partial charge in [0.25, 0.3) is 0 Å². The number of ether oxygens (including phenoxy) is 4. The second-order valence-corrected chi connectivity index (χ2v) is 15.0. The number of hydrogen-bond acceptors (Lipinski definition) is 13. The van der Waals surface area contributed by atoms with Gasteiger partial charge in [0.2, 0.25) is 5.91 Å². The zero-order valence-electron chi connectivity index (χ0n) is 29.7. The Hall–Kier alpha value is -3.24. The third-order valence-electron chi connectivity index (χ3n) is 12.0. The van der Waals surface area contributed by atoms with Crippen molar-refractivity contribution in [2.75, 3.05) is 13.7 Å². The predicted octanol–water partition coefficient (Wildman–Crippen LogP) is 1.73. The molecule has 4 aliphatic rings. The van der Waals surface area contributed by atoms with Crippen molar-refractivity contribution in [2.45, 2.75) is 115 Å². The maximum Gasteiger partial charge on any atom is 0.338 e. The lowest BCUT2D eigenvalue weighted by Gasteiger charge is -2.67. The number of carbonyl (C=O) groups is 4. The number of Topliss-reactive ketones (excluding diaryl/α,β-unsaturated/α-hetero) is 1. The zero-order valence-corrected chi connectivity index (χ0v) is 29.7. The van der Waals surface area contributed by atoms with Gasteiger partial charge in [-0.25, -0.2) is 9.68 Å². The summed E-state index contributed by atoms with van der Waals surface area (Å²) in [5.41, 5.74) is -6.25. The van der Waals surface area contributed by atoms with E-state index in [-0.39, 0.29) is 30.6 Å². The van der Waals surface area contributed by atoms with Gasteiger partial charge in [0.15, 0.2) is 11.4 Å². The summed E-state index contributed by atoms with van der Waals surface area (Å²) in [7, 11) is 1.31. The number of ketones is 1. The van der Waals surface area contributed by atoms with Crippen molar-refractivity contribution in [3.05, 3.63) is 47.0 Å². The highest BCUT2D eigenvalue weighted by Gasteiger charge is 2.78. The first kappa shape index (κ1) is 38.0. The van der Waals surface area contributed by atoms with Crippen LogP contribution in [0.1, 0.15) is 71.7 Å². The summed E-state index contributed by atoms with van der Waals surface area (Å²) in [6.45, 7) is 10.3. The highest BCUT2D eigenvalue weighted by molar-refractivity contribution is 5.94. The monoisotopic (exact) mass is 703 g/mol. The molecule has 1 aromatic carbocycles. The molecule has 1 amide bonds. The largest absolute Gasteiger partial charge is 0.455 e. The molecule has 3 fully saturated rings. The maximum absolute atomic E-state index is 15.1. The fraction of sp³-hybridized carbons (Fsp3) is 0.667. The van der Waals surface area contributed by atoms with Gasteiger partial charge in [0.1, 0.15) is 36.1 Å². The summed E-state index contributed by atoms with van der Waals surface area (Å²) < 4.78 is 24.2. The van der Waals surface area contributed by atoms with Crippen LogP contribution < -0.4 is 5.32 Å². The summed E-state index contributed by atoms with van der Waals surface area (Å²) in [6.07, 6.45) is -8.83. The van der Waals surface area contributed by atoms with Gasteiger partial charge in [0, 0.05) is 38.7 Å². The quantitative estimate of drug-likeness (QED) is 0.108. The lowest BCUT2D eigenvalue weighted by atomic mass is 9.44. The highest BCUT2D eigenvalue weighted by Crippen LogP contribution is 2.65. The van der Waals surface area contributed by atoms with E-state index in [2.05, 4.69) is 5.32 Å². The van der Waals surface area contributed by atoms with E-state index >= 15 is 4.79 Å². The second-order valence-electron chi connectivity index (χ2n) is 15.0. The molecule has 1 heterocycles. The lowest BCUT2D eigenvalue weighted by Crippen LogP contribution is -2.81. The minimum absolute atomic E-state index is 0.0993. The average Bonchev–Trinajstić information content (AvgIpc) is 3.05. The van der Waals surface area contributed by atoms with Crippen LogP contribution in [0.2, 0.25) is 0 Å². The number of aliphatic hydroxyl groups excluding tert-OH is 2. The molecule has 5 rings (SSSR count). The molecule has 1 aliphatic heterocycles. The number of esters is 2. The van der Waals surface area contributed by atoms with Crippen molar-refractivity contribution >= 4 is 23.6 Å². The van der Waals surface area contributed by atoms with Crippen LogP contribution in [0.3, 0.4) is 0 Å². The number of carbonyl (C=O) groups excluding carboxylic acids is 4. The maximum atomic E-state index is 15.1.